The van der Waals surface area contributed by atoms with Crippen molar-refractivity contribution in [3.8, 4) is 0 Å². The first-order chi connectivity index (χ1) is 10.7. The molecule has 0 bridgehead atoms. The molecule has 0 amide bonds. The maximum Gasteiger partial charge on any atom is 0.324 e. The number of unbranched alkanes of at least 4 members (excludes halogenated alkanes) is 3. The summed E-state index contributed by atoms with van der Waals surface area (Å²) < 4.78 is 6.23. The fraction of sp³-hybridized carbons (Fsp3) is 0.632. The summed E-state index contributed by atoms with van der Waals surface area (Å²) in [6.07, 6.45) is 7.08. The van der Waals surface area contributed by atoms with Gasteiger partial charge >= 0.3 is 5.97 Å². The second kappa shape index (κ2) is 10.6. The quantitative estimate of drug-likeness (QED) is 0.454. The number of hydrogen-bond acceptors (Lipinski definition) is 2. The Balaban J connectivity index is 2.86. The van der Waals surface area contributed by atoms with E-state index in [0.717, 1.165) is 18.1 Å². The van der Waals surface area contributed by atoms with Gasteiger partial charge in [0.15, 0.2) is 0 Å². The third-order valence-corrected chi connectivity index (χ3v) is 8.69. The largest absolute Gasteiger partial charge is 0.516 e. The van der Waals surface area contributed by atoms with Crippen molar-refractivity contribution in [2.75, 3.05) is 0 Å². The molecule has 0 aliphatic heterocycles. The summed E-state index contributed by atoms with van der Waals surface area (Å²) in [6.45, 7) is 6.66. The van der Waals surface area contributed by atoms with Crippen LogP contribution in [0, 0.1) is 0 Å². The van der Waals surface area contributed by atoms with Crippen molar-refractivity contribution in [2.45, 2.75) is 77.4 Å². The van der Waals surface area contributed by atoms with Crippen molar-refractivity contribution in [3.63, 3.8) is 0 Å². The van der Waals surface area contributed by atoms with E-state index in [4.69, 9.17) is 4.43 Å². The van der Waals surface area contributed by atoms with Gasteiger partial charge in [0.25, 0.3) is 8.32 Å². The third-order valence-electron chi connectivity index (χ3n) is 4.28. The highest BCUT2D eigenvalue weighted by atomic mass is 28.4. The summed E-state index contributed by atoms with van der Waals surface area (Å²) in [4.78, 5) is 12.6. The topological polar surface area (TPSA) is 26.3 Å². The second-order valence-electron chi connectivity index (χ2n) is 6.25. The van der Waals surface area contributed by atoms with Gasteiger partial charge in [0, 0.05) is 0 Å². The van der Waals surface area contributed by atoms with Crippen molar-refractivity contribution >= 4 is 14.3 Å². The van der Waals surface area contributed by atoms with E-state index in [0.29, 0.717) is 5.56 Å². The lowest BCUT2D eigenvalue weighted by molar-refractivity contribution is 0.0715. The Labute approximate surface area is 137 Å². The van der Waals surface area contributed by atoms with E-state index < -0.39 is 8.32 Å². The van der Waals surface area contributed by atoms with Gasteiger partial charge in [-0.05, 0) is 30.3 Å². The predicted octanol–water partition coefficient (Wildman–Crippen LogP) is 6.19. The van der Waals surface area contributed by atoms with Crippen LogP contribution in [0.1, 0.15) is 69.7 Å². The normalized spacial score (nSPS) is 11.4. The van der Waals surface area contributed by atoms with Crippen LogP contribution >= 0.6 is 0 Å². The summed E-state index contributed by atoms with van der Waals surface area (Å²) in [5.41, 5.74) is 0.698. The zero-order valence-electron chi connectivity index (χ0n) is 14.6. The van der Waals surface area contributed by atoms with Crippen LogP contribution in [-0.4, -0.2) is 14.3 Å². The van der Waals surface area contributed by atoms with Crippen molar-refractivity contribution < 1.29 is 9.22 Å². The molecule has 0 heterocycles. The summed E-state index contributed by atoms with van der Waals surface area (Å²) in [6, 6.07) is 12.9. The third kappa shape index (κ3) is 6.35. The molecule has 0 atom stereocenters. The molecule has 0 radical (unpaired) electrons. The average Bonchev–Trinajstić information content (AvgIpc) is 2.56. The van der Waals surface area contributed by atoms with Crippen molar-refractivity contribution in [3.05, 3.63) is 35.9 Å². The summed E-state index contributed by atoms with van der Waals surface area (Å²) >= 11 is 0. The van der Waals surface area contributed by atoms with E-state index in [-0.39, 0.29) is 5.97 Å². The Morgan fingerprint density at radius 3 is 1.73 bits per heavy atom. The molecule has 22 heavy (non-hydrogen) atoms. The van der Waals surface area contributed by atoms with Crippen LogP contribution in [0.3, 0.4) is 0 Å². The van der Waals surface area contributed by atoms with Crippen molar-refractivity contribution in [2.24, 2.45) is 0 Å². The highest BCUT2D eigenvalue weighted by Gasteiger charge is 2.37. The SMILES string of the molecule is CCCC[Si](CCCC)(CCCC)OC(=O)c1ccccc1. The van der Waals surface area contributed by atoms with Gasteiger partial charge in [-0.25, -0.2) is 4.79 Å². The van der Waals surface area contributed by atoms with E-state index in [9.17, 15) is 4.79 Å². The molecule has 3 heteroatoms. The van der Waals surface area contributed by atoms with Crippen molar-refractivity contribution in [1.29, 1.82) is 0 Å². The molecule has 0 unspecified atom stereocenters. The zero-order chi connectivity index (χ0) is 16.3. The van der Waals surface area contributed by atoms with E-state index >= 15 is 0 Å². The van der Waals surface area contributed by atoms with Crippen molar-refractivity contribution in [1.82, 2.24) is 0 Å². The minimum Gasteiger partial charge on any atom is -0.516 e. The number of carbonyl (C=O) groups is 1. The molecule has 1 aromatic rings. The first kappa shape index (κ1) is 19.0. The maximum absolute atomic E-state index is 12.6. The Hall–Kier alpha value is -1.09. The molecule has 0 N–H and O–H groups in total. The lowest BCUT2D eigenvalue weighted by Gasteiger charge is -2.31. The molecule has 1 rings (SSSR count). The average molecular weight is 321 g/mol. The van der Waals surface area contributed by atoms with Gasteiger partial charge in [-0.3, -0.25) is 0 Å². The Morgan fingerprint density at radius 1 is 0.864 bits per heavy atom. The molecule has 0 aliphatic carbocycles. The molecule has 0 fully saturated rings. The summed E-state index contributed by atoms with van der Waals surface area (Å²) in [5, 5.41) is 0. The lowest BCUT2D eigenvalue weighted by atomic mass is 10.2. The van der Waals surface area contributed by atoms with Crippen LogP contribution in [0.2, 0.25) is 18.1 Å². The highest BCUT2D eigenvalue weighted by Crippen LogP contribution is 2.30. The van der Waals surface area contributed by atoms with Gasteiger partial charge in [0.05, 0.1) is 5.56 Å². The molecule has 0 saturated carbocycles. The monoisotopic (exact) mass is 320 g/mol. The minimum absolute atomic E-state index is 0.101. The van der Waals surface area contributed by atoms with Gasteiger partial charge in [0.2, 0.25) is 0 Å². The predicted molar refractivity (Wildman–Crippen MR) is 96.8 cm³/mol. The smallest absolute Gasteiger partial charge is 0.324 e. The molecular formula is C19H32O2Si. The van der Waals surface area contributed by atoms with Crippen LogP contribution in [0.5, 0.6) is 0 Å². The second-order valence-corrected chi connectivity index (χ2v) is 10.3. The fourth-order valence-corrected chi connectivity index (χ4v) is 7.42. The van der Waals surface area contributed by atoms with Gasteiger partial charge in [-0.1, -0.05) is 77.5 Å². The standard InChI is InChI=1S/C19H32O2Si/c1-4-7-15-22(16-8-5-2,17-9-6-3)21-19(20)18-13-11-10-12-14-18/h10-14H,4-9,15-17H2,1-3H3. The summed E-state index contributed by atoms with van der Waals surface area (Å²) in [7, 11) is -1.95. The molecule has 0 saturated heterocycles. The van der Waals surface area contributed by atoms with Crippen LogP contribution < -0.4 is 0 Å². The molecule has 0 spiro atoms. The molecule has 1 aromatic carbocycles. The van der Waals surface area contributed by atoms with E-state index in [1.807, 2.05) is 30.3 Å². The Kier molecular flexibility index (Phi) is 9.13. The van der Waals surface area contributed by atoms with E-state index in [2.05, 4.69) is 20.8 Å². The summed E-state index contributed by atoms with van der Waals surface area (Å²) in [5.74, 6) is -0.101. The Morgan fingerprint density at radius 2 is 1.32 bits per heavy atom. The number of rotatable bonds is 11. The van der Waals surface area contributed by atoms with E-state index in [1.165, 1.54) is 38.5 Å². The number of carbonyl (C=O) groups excluding carboxylic acids is 1. The van der Waals surface area contributed by atoms with E-state index in [1.54, 1.807) is 0 Å². The number of hydrogen-bond donors (Lipinski definition) is 0. The van der Waals surface area contributed by atoms with Crippen LogP contribution in [-0.2, 0) is 4.43 Å². The first-order valence-electron chi connectivity index (χ1n) is 8.96. The minimum atomic E-state index is -1.95. The molecular weight excluding hydrogens is 288 g/mol. The Bertz CT molecular complexity index is 395. The van der Waals surface area contributed by atoms with Gasteiger partial charge < -0.3 is 4.43 Å². The van der Waals surface area contributed by atoms with Crippen LogP contribution in [0.25, 0.3) is 0 Å². The van der Waals surface area contributed by atoms with Crippen LogP contribution in [0.15, 0.2) is 30.3 Å². The fourth-order valence-electron chi connectivity index (χ4n) is 2.85. The molecule has 124 valence electrons. The maximum atomic E-state index is 12.6. The van der Waals surface area contributed by atoms with Gasteiger partial charge in [0.1, 0.15) is 0 Å². The highest BCUT2D eigenvalue weighted by molar-refractivity contribution is 6.75. The molecule has 0 aliphatic rings. The molecule has 0 aromatic heterocycles. The van der Waals surface area contributed by atoms with Crippen LogP contribution in [0.4, 0.5) is 0 Å². The zero-order valence-corrected chi connectivity index (χ0v) is 15.6. The molecule has 2 nitrogen and oxygen atoms in total. The lowest BCUT2D eigenvalue weighted by Crippen LogP contribution is -2.40. The van der Waals surface area contributed by atoms with Gasteiger partial charge in [-0.2, -0.15) is 0 Å². The van der Waals surface area contributed by atoms with Gasteiger partial charge in [-0.15, -0.1) is 0 Å². The first-order valence-corrected chi connectivity index (χ1v) is 11.5. The number of benzene rings is 1.